The van der Waals surface area contributed by atoms with Crippen LogP contribution in [0.2, 0.25) is 0 Å². The third-order valence-corrected chi connectivity index (χ3v) is 3.91. The van der Waals surface area contributed by atoms with Gasteiger partial charge >= 0.3 is 0 Å². The van der Waals surface area contributed by atoms with E-state index in [2.05, 4.69) is 22.5 Å². The molecule has 1 fully saturated rings. The summed E-state index contributed by atoms with van der Waals surface area (Å²) in [5.41, 5.74) is -1.24. The molecule has 1 aliphatic carbocycles. The monoisotopic (exact) mass is 290 g/mol. The molecule has 0 radical (unpaired) electrons. The van der Waals surface area contributed by atoms with Gasteiger partial charge in [0.2, 0.25) is 5.79 Å². The number of ether oxygens (including phenoxy) is 3. The summed E-state index contributed by atoms with van der Waals surface area (Å²) in [6.07, 6.45) is 3.28. The summed E-state index contributed by atoms with van der Waals surface area (Å²) in [6, 6.07) is 0. The SMILES string of the molecule is C=CC[C@@]1(O)[C@@H]2O[C@@H]2C(Br)=CC1(OC)OC. The summed E-state index contributed by atoms with van der Waals surface area (Å²) in [6.45, 7) is 3.65. The molecule has 0 spiro atoms. The zero-order valence-electron chi connectivity index (χ0n) is 9.27. The first-order valence-corrected chi connectivity index (χ1v) is 5.81. The van der Waals surface area contributed by atoms with Crippen molar-refractivity contribution in [2.24, 2.45) is 0 Å². The van der Waals surface area contributed by atoms with E-state index in [1.807, 2.05) is 0 Å². The molecule has 3 atom stereocenters. The molecule has 4 nitrogen and oxygen atoms in total. The van der Waals surface area contributed by atoms with Crippen LogP contribution in [0.3, 0.4) is 0 Å². The predicted molar refractivity (Wildman–Crippen MR) is 62.2 cm³/mol. The van der Waals surface area contributed by atoms with Crippen LogP contribution in [0, 0.1) is 0 Å². The highest BCUT2D eigenvalue weighted by Gasteiger charge is 2.68. The molecule has 1 heterocycles. The van der Waals surface area contributed by atoms with Crippen LogP contribution in [0.4, 0.5) is 0 Å². The lowest BCUT2D eigenvalue weighted by Crippen LogP contribution is -2.61. The standard InChI is InChI=1S/C11H15BrO4/c1-4-5-10(13)9-8(16-9)7(12)6-11(10,14-2)15-3/h4,6,8-9,13H,1,5H2,2-3H3/t8-,9-,10-/m1/s1. The molecule has 0 saturated carbocycles. The Kier molecular flexibility index (Phi) is 3.01. The Balaban J connectivity index is 2.45. The first-order chi connectivity index (χ1) is 7.54. The van der Waals surface area contributed by atoms with Crippen molar-refractivity contribution in [1.82, 2.24) is 0 Å². The maximum Gasteiger partial charge on any atom is 0.221 e. The van der Waals surface area contributed by atoms with Crippen LogP contribution < -0.4 is 0 Å². The zero-order valence-corrected chi connectivity index (χ0v) is 10.9. The maximum atomic E-state index is 10.7. The molecule has 2 aliphatic rings. The lowest BCUT2D eigenvalue weighted by molar-refractivity contribution is -0.278. The number of halogens is 1. The molecular weight excluding hydrogens is 276 g/mol. The van der Waals surface area contributed by atoms with Gasteiger partial charge in [0, 0.05) is 25.1 Å². The van der Waals surface area contributed by atoms with Crippen molar-refractivity contribution in [3.63, 3.8) is 0 Å². The van der Waals surface area contributed by atoms with Gasteiger partial charge in [-0.05, 0) is 6.08 Å². The Morgan fingerprint density at radius 2 is 2.25 bits per heavy atom. The Bertz CT molecular complexity index is 337. The summed E-state index contributed by atoms with van der Waals surface area (Å²) >= 11 is 3.39. The maximum absolute atomic E-state index is 10.7. The minimum absolute atomic E-state index is 0.0941. The van der Waals surface area contributed by atoms with E-state index in [1.54, 1.807) is 12.2 Å². The van der Waals surface area contributed by atoms with E-state index in [1.165, 1.54) is 14.2 Å². The van der Waals surface area contributed by atoms with Crippen molar-refractivity contribution in [2.75, 3.05) is 14.2 Å². The third-order valence-electron chi connectivity index (χ3n) is 3.23. The number of aliphatic hydroxyl groups is 1. The highest BCUT2D eigenvalue weighted by molar-refractivity contribution is 9.11. The zero-order chi connectivity index (χ0) is 12.0. The van der Waals surface area contributed by atoms with Gasteiger partial charge < -0.3 is 19.3 Å². The summed E-state index contributed by atoms with van der Waals surface area (Å²) in [5, 5.41) is 10.7. The van der Waals surface area contributed by atoms with E-state index in [-0.39, 0.29) is 12.2 Å². The van der Waals surface area contributed by atoms with Gasteiger partial charge in [-0.2, -0.15) is 0 Å². The molecule has 1 saturated heterocycles. The fourth-order valence-corrected chi connectivity index (χ4v) is 2.95. The molecule has 5 heteroatoms. The fraction of sp³-hybridized carbons (Fsp3) is 0.636. The van der Waals surface area contributed by atoms with Crippen molar-refractivity contribution in [3.8, 4) is 0 Å². The third kappa shape index (κ3) is 1.43. The molecule has 90 valence electrons. The number of methoxy groups -OCH3 is 2. The minimum Gasteiger partial charge on any atom is -0.381 e. The second kappa shape index (κ2) is 3.92. The second-order valence-electron chi connectivity index (χ2n) is 4.00. The molecule has 0 amide bonds. The molecule has 1 N–H and O–H groups in total. The Hall–Kier alpha value is -0.200. The fourth-order valence-electron chi connectivity index (χ4n) is 2.31. The second-order valence-corrected chi connectivity index (χ2v) is 4.91. The van der Waals surface area contributed by atoms with Crippen LogP contribution in [0.15, 0.2) is 23.2 Å². The first-order valence-electron chi connectivity index (χ1n) is 5.02. The lowest BCUT2D eigenvalue weighted by atomic mass is 9.80. The molecule has 0 aromatic carbocycles. The van der Waals surface area contributed by atoms with Crippen LogP contribution in [0.25, 0.3) is 0 Å². The molecular formula is C11H15BrO4. The Labute approximate surface area is 103 Å². The summed E-state index contributed by atoms with van der Waals surface area (Å²) in [5.74, 6) is -1.20. The molecule has 16 heavy (non-hydrogen) atoms. The minimum atomic E-state index is -1.24. The van der Waals surface area contributed by atoms with Crippen LogP contribution in [-0.2, 0) is 14.2 Å². The van der Waals surface area contributed by atoms with Crippen molar-refractivity contribution >= 4 is 15.9 Å². The van der Waals surface area contributed by atoms with Crippen LogP contribution in [0.5, 0.6) is 0 Å². The number of rotatable bonds is 4. The molecule has 0 aromatic rings. The Morgan fingerprint density at radius 1 is 1.62 bits per heavy atom. The van der Waals surface area contributed by atoms with Gasteiger partial charge in [-0.15, -0.1) is 6.58 Å². The van der Waals surface area contributed by atoms with Gasteiger partial charge in [-0.1, -0.05) is 22.0 Å². The van der Waals surface area contributed by atoms with E-state index in [9.17, 15) is 5.11 Å². The van der Waals surface area contributed by atoms with Gasteiger partial charge in [0.1, 0.15) is 12.2 Å². The van der Waals surface area contributed by atoms with Crippen LogP contribution in [0.1, 0.15) is 6.42 Å². The number of fused-ring (bicyclic) bond motifs is 1. The van der Waals surface area contributed by atoms with Gasteiger partial charge in [-0.25, -0.2) is 0 Å². The molecule has 0 aromatic heterocycles. The van der Waals surface area contributed by atoms with E-state index in [0.717, 1.165) is 4.48 Å². The van der Waals surface area contributed by atoms with E-state index in [4.69, 9.17) is 14.2 Å². The van der Waals surface area contributed by atoms with Gasteiger partial charge in [0.25, 0.3) is 0 Å². The normalized spacial score (nSPS) is 39.9. The van der Waals surface area contributed by atoms with Crippen molar-refractivity contribution < 1.29 is 19.3 Å². The largest absolute Gasteiger partial charge is 0.381 e. The topological polar surface area (TPSA) is 51.2 Å². The highest BCUT2D eigenvalue weighted by Crippen LogP contribution is 2.52. The summed E-state index contributed by atoms with van der Waals surface area (Å²) < 4.78 is 17.0. The van der Waals surface area contributed by atoms with Crippen LogP contribution >= 0.6 is 15.9 Å². The molecule has 1 aliphatic heterocycles. The number of epoxide rings is 1. The quantitative estimate of drug-likeness (QED) is 0.482. The average Bonchev–Trinajstić information content (AvgIpc) is 3.05. The molecule has 0 unspecified atom stereocenters. The lowest BCUT2D eigenvalue weighted by Gasteiger charge is -2.43. The van der Waals surface area contributed by atoms with Crippen molar-refractivity contribution in [3.05, 3.63) is 23.2 Å². The average molecular weight is 291 g/mol. The summed E-state index contributed by atoms with van der Waals surface area (Å²) in [7, 11) is 2.99. The molecule has 0 bridgehead atoms. The predicted octanol–water partition coefficient (Wildman–Crippen LogP) is 1.34. The van der Waals surface area contributed by atoms with E-state index in [0.29, 0.717) is 6.42 Å². The Morgan fingerprint density at radius 3 is 2.75 bits per heavy atom. The van der Waals surface area contributed by atoms with Crippen molar-refractivity contribution in [2.45, 2.75) is 30.0 Å². The number of hydrogen-bond donors (Lipinski definition) is 1. The van der Waals surface area contributed by atoms with E-state index >= 15 is 0 Å². The number of hydrogen-bond acceptors (Lipinski definition) is 4. The smallest absolute Gasteiger partial charge is 0.221 e. The van der Waals surface area contributed by atoms with Crippen molar-refractivity contribution in [1.29, 1.82) is 0 Å². The first kappa shape index (κ1) is 12.3. The van der Waals surface area contributed by atoms with Gasteiger partial charge in [0.05, 0.1) is 0 Å². The van der Waals surface area contributed by atoms with Crippen LogP contribution in [-0.4, -0.2) is 42.9 Å². The molecule has 2 rings (SSSR count). The van der Waals surface area contributed by atoms with Gasteiger partial charge in [0.15, 0.2) is 5.60 Å². The summed E-state index contributed by atoms with van der Waals surface area (Å²) in [4.78, 5) is 0. The highest BCUT2D eigenvalue weighted by atomic mass is 79.9. The van der Waals surface area contributed by atoms with E-state index < -0.39 is 11.4 Å². The van der Waals surface area contributed by atoms with Gasteiger partial charge in [-0.3, -0.25) is 0 Å².